The van der Waals surface area contributed by atoms with Crippen LogP contribution in [0.1, 0.15) is 84.0 Å². The maximum atomic E-state index is 3.66. The van der Waals surface area contributed by atoms with Gasteiger partial charge in [0, 0.05) is 0 Å². The molecule has 0 aromatic carbocycles. The molecule has 0 aromatic heterocycles. The molecular weight excluding hydrogens is 180 g/mol. The van der Waals surface area contributed by atoms with Crippen molar-refractivity contribution < 1.29 is 0 Å². The van der Waals surface area contributed by atoms with Crippen molar-refractivity contribution in [1.82, 2.24) is 0 Å². The van der Waals surface area contributed by atoms with Crippen molar-refractivity contribution in [3.63, 3.8) is 0 Å². The Morgan fingerprint density at radius 3 is 1.60 bits per heavy atom. The Morgan fingerprint density at radius 2 is 1.27 bits per heavy atom. The fourth-order valence-corrected chi connectivity index (χ4v) is 1.95. The van der Waals surface area contributed by atoms with Crippen molar-refractivity contribution in [3.05, 3.63) is 12.7 Å². The lowest BCUT2D eigenvalue weighted by atomic mass is 10.2. The Morgan fingerprint density at radius 1 is 0.800 bits per heavy atom. The number of unbranched alkanes of at least 4 members (excludes halogenated alkanes) is 4. The summed E-state index contributed by atoms with van der Waals surface area (Å²) in [7, 11) is 0. The van der Waals surface area contributed by atoms with Crippen LogP contribution in [0.25, 0.3) is 0 Å². The first-order valence-electron chi connectivity index (χ1n) is 7.02. The van der Waals surface area contributed by atoms with Gasteiger partial charge in [-0.2, -0.15) is 0 Å². The lowest BCUT2D eigenvalue weighted by Gasteiger charge is -1.91. The van der Waals surface area contributed by atoms with Gasteiger partial charge in [-0.25, -0.2) is 0 Å². The zero-order valence-electron chi connectivity index (χ0n) is 10.8. The molecule has 0 amide bonds. The van der Waals surface area contributed by atoms with E-state index in [0.29, 0.717) is 0 Å². The smallest absolute Gasteiger partial charge is 0.0353 e. The van der Waals surface area contributed by atoms with Crippen LogP contribution < -0.4 is 0 Å². The molecule has 0 saturated heterocycles. The first-order chi connectivity index (χ1) is 7.41. The van der Waals surface area contributed by atoms with Crippen LogP contribution >= 0.6 is 0 Å². The van der Waals surface area contributed by atoms with Crippen molar-refractivity contribution in [3.8, 4) is 0 Å². The normalized spacial score (nSPS) is 16.1. The van der Waals surface area contributed by atoms with Gasteiger partial charge in [-0.1, -0.05) is 77.2 Å². The van der Waals surface area contributed by atoms with E-state index >= 15 is 0 Å². The summed E-state index contributed by atoms with van der Waals surface area (Å²) >= 11 is 0. The minimum atomic E-state index is 1.19. The van der Waals surface area contributed by atoms with Crippen LogP contribution in [-0.2, 0) is 0 Å². The fraction of sp³-hybridized carbons (Fsp3) is 0.867. The van der Waals surface area contributed by atoms with Crippen LogP contribution in [0.3, 0.4) is 0 Å². The van der Waals surface area contributed by atoms with E-state index in [-0.39, 0.29) is 0 Å². The highest BCUT2D eigenvalue weighted by Crippen LogP contribution is 2.15. The SMILES string of the molecule is C1CCCCCC1.C=CCCCCCC. The minimum absolute atomic E-state index is 1.19. The van der Waals surface area contributed by atoms with Crippen molar-refractivity contribution in [2.24, 2.45) is 0 Å². The van der Waals surface area contributed by atoms with Crippen LogP contribution in [-0.4, -0.2) is 0 Å². The van der Waals surface area contributed by atoms with Crippen molar-refractivity contribution in [2.45, 2.75) is 84.0 Å². The molecule has 1 aliphatic carbocycles. The molecule has 0 heterocycles. The highest BCUT2D eigenvalue weighted by atomic mass is 14.0. The molecule has 1 aliphatic rings. The Labute approximate surface area is 97.2 Å². The Kier molecular flexibility index (Phi) is 13.5. The predicted molar refractivity (Wildman–Crippen MR) is 71.3 cm³/mol. The van der Waals surface area contributed by atoms with Gasteiger partial charge in [-0.15, -0.1) is 6.58 Å². The van der Waals surface area contributed by atoms with E-state index in [1.54, 1.807) is 0 Å². The standard InChI is InChI=1S/C8H16.C7H14/c1-3-5-7-8-6-4-2;1-2-4-6-7-5-3-1/h3H,1,4-8H2,2H3;1-7H2. The van der Waals surface area contributed by atoms with E-state index in [2.05, 4.69) is 13.5 Å². The third-order valence-electron chi connectivity index (χ3n) is 3.01. The summed E-state index contributed by atoms with van der Waals surface area (Å²) in [6.45, 7) is 5.89. The van der Waals surface area contributed by atoms with Crippen LogP contribution in [0, 0.1) is 0 Å². The van der Waals surface area contributed by atoms with Gasteiger partial charge in [0.25, 0.3) is 0 Å². The monoisotopic (exact) mass is 210 g/mol. The molecule has 1 saturated carbocycles. The molecule has 15 heavy (non-hydrogen) atoms. The molecule has 0 unspecified atom stereocenters. The fourth-order valence-electron chi connectivity index (χ4n) is 1.95. The lowest BCUT2D eigenvalue weighted by Crippen LogP contribution is -1.71. The first-order valence-corrected chi connectivity index (χ1v) is 7.02. The molecule has 90 valence electrons. The summed E-state index contributed by atoms with van der Waals surface area (Å²) in [6, 6.07) is 0. The summed E-state index contributed by atoms with van der Waals surface area (Å²) in [5.74, 6) is 0. The second kappa shape index (κ2) is 13.7. The maximum absolute atomic E-state index is 3.66. The molecule has 0 N–H and O–H groups in total. The maximum Gasteiger partial charge on any atom is -0.0353 e. The van der Waals surface area contributed by atoms with E-state index in [1.807, 2.05) is 6.08 Å². The van der Waals surface area contributed by atoms with E-state index in [1.165, 1.54) is 77.0 Å². The summed E-state index contributed by atoms with van der Waals surface area (Å²) in [6.07, 6.45) is 19.1. The van der Waals surface area contributed by atoms with Crippen LogP contribution in [0.15, 0.2) is 12.7 Å². The summed E-state index contributed by atoms with van der Waals surface area (Å²) in [4.78, 5) is 0. The molecule has 0 aliphatic heterocycles. The molecule has 0 heteroatoms. The Balaban J connectivity index is 0.000000262. The zero-order chi connectivity index (χ0) is 11.2. The average molecular weight is 210 g/mol. The van der Waals surface area contributed by atoms with Gasteiger partial charge in [-0.3, -0.25) is 0 Å². The molecule has 0 radical (unpaired) electrons. The molecule has 1 rings (SSSR count). The van der Waals surface area contributed by atoms with Crippen molar-refractivity contribution in [2.75, 3.05) is 0 Å². The van der Waals surface area contributed by atoms with Gasteiger partial charge in [0.1, 0.15) is 0 Å². The zero-order valence-corrected chi connectivity index (χ0v) is 10.8. The second-order valence-electron chi connectivity index (χ2n) is 4.61. The molecule has 0 spiro atoms. The van der Waals surface area contributed by atoms with Gasteiger partial charge < -0.3 is 0 Å². The third kappa shape index (κ3) is 13.7. The van der Waals surface area contributed by atoms with Crippen molar-refractivity contribution >= 4 is 0 Å². The van der Waals surface area contributed by atoms with Crippen molar-refractivity contribution in [1.29, 1.82) is 0 Å². The first kappa shape index (κ1) is 14.7. The second-order valence-corrected chi connectivity index (χ2v) is 4.61. The van der Waals surface area contributed by atoms with Crippen LogP contribution in [0.4, 0.5) is 0 Å². The molecule has 0 atom stereocenters. The summed E-state index contributed by atoms with van der Waals surface area (Å²) in [5.41, 5.74) is 0. The number of rotatable bonds is 5. The van der Waals surface area contributed by atoms with E-state index in [0.717, 1.165) is 0 Å². The van der Waals surface area contributed by atoms with Crippen LogP contribution in [0.2, 0.25) is 0 Å². The molecule has 1 fully saturated rings. The van der Waals surface area contributed by atoms with Gasteiger partial charge in [0.05, 0.1) is 0 Å². The van der Waals surface area contributed by atoms with Gasteiger partial charge in [0.15, 0.2) is 0 Å². The van der Waals surface area contributed by atoms with E-state index in [9.17, 15) is 0 Å². The molecular formula is C15H30. The van der Waals surface area contributed by atoms with E-state index < -0.39 is 0 Å². The quantitative estimate of drug-likeness (QED) is 0.302. The molecule has 0 bridgehead atoms. The van der Waals surface area contributed by atoms with Crippen LogP contribution in [0.5, 0.6) is 0 Å². The van der Waals surface area contributed by atoms with Gasteiger partial charge in [0.2, 0.25) is 0 Å². The highest BCUT2D eigenvalue weighted by molar-refractivity contribution is 4.64. The summed E-state index contributed by atoms with van der Waals surface area (Å²) < 4.78 is 0. The largest absolute Gasteiger partial charge is 0.103 e. The Bertz CT molecular complexity index is 95.6. The molecule has 0 aromatic rings. The third-order valence-corrected chi connectivity index (χ3v) is 3.01. The van der Waals surface area contributed by atoms with E-state index in [4.69, 9.17) is 0 Å². The average Bonchev–Trinajstić information content (AvgIpc) is 2.57. The Hall–Kier alpha value is -0.260. The summed E-state index contributed by atoms with van der Waals surface area (Å²) in [5, 5.41) is 0. The number of hydrogen-bond donors (Lipinski definition) is 0. The topological polar surface area (TPSA) is 0 Å². The highest BCUT2D eigenvalue weighted by Gasteiger charge is 1.95. The predicted octanol–water partition coefficient (Wildman–Crippen LogP) is 5.87. The number of hydrogen-bond acceptors (Lipinski definition) is 0. The number of allylic oxidation sites excluding steroid dienone is 1. The molecule has 0 nitrogen and oxygen atoms in total. The minimum Gasteiger partial charge on any atom is -0.103 e. The lowest BCUT2D eigenvalue weighted by molar-refractivity contribution is 0.675. The van der Waals surface area contributed by atoms with Gasteiger partial charge in [-0.05, 0) is 12.8 Å². The van der Waals surface area contributed by atoms with Gasteiger partial charge >= 0.3 is 0 Å².